The summed E-state index contributed by atoms with van der Waals surface area (Å²) >= 11 is 0. The molecule has 0 aromatic heterocycles. The Kier molecular flexibility index (Phi) is 6.25. The molecule has 0 saturated heterocycles. The highest BCUT2D eigenvalue weighted by atomic mass is 16.2. The van der Waals surface area contributed by atoms with Crippen molar-refractivity contribution in [2.45, 2.75) is 52.1 Å². The Hall–Kier alpha value is -0.830. The quantitative estimate of drug-likeness (QED) is 0.632. The van der Waals surface area contributed by atoms with Crippen molar-refractivity contribution in [2.75, 3.05) is 6.54 Å². The molecule has 2 N–H and O–H groups in total. The maximum Gasteiger partial charge on any atom is 0.237 e. The van der Waals surface area contributed by atoms with Crippen molar-refractivity contribution in [3.8, 4) is 0 Å². The molecule has 0 aliphatic carbocycles. The second-order valence-corrected chi connectivity index (χ2v) is 4.53. The van der Waals surface area contributed by atoms with Crippen LogP contribution >= 0.6 is 0 Å². The predicted octanol–water partition coefficient (Wildman–Crippen LogP) is 1.85. The zero-order valence-electron chi connectivity index (χ0n) is 10.4. The molecule has 0 fully saturated rings. The molecular weight excluding hydrogens is 188 g/mol. The highest BCUT2D eigenvalue weighted by molar-refractivity contribution is 5.81. The maximum atomic E-state index is 11.6. The van der Waals surface area contributed by atoms with Gasteiger partial charge in [0.25, 0.3) is 0 Å². The summed E-state index contributed by atoms with van der Waals surface area (Å²) in [6.07, 6.45) is 3.86. The number of hydrogen-bond donors (Lipinski definition) is 2. The fraction of sp³-hybridized carbons (Fsp3) is 0.750. The van der Waals surface area contributed by atoms with Crippen molar-refractivity contribution in [2.24, 2.45) is 0 Å². The molecule has 3 heteroatoms. The Morgan fingerprint density at radius 1 is 1.53 bits per heavy atom. The van der Waals surface area contributed by atoms with Gasteiger partial charge in [0.1, 0.15) is 0 Å². The summed E-state index contributed by atoms with van der Waals surface area (Å²) in [6, 6.07) is -0.161. The van der Waals surface area contributed by atoms with Gasteiger partial charge in [-0.1, -0.05) is 19.4 Å². The molecule has 0 aliphatic rings. The first-order valence-electron chi connectivity index (χ1n) is 5.59. The van der Waals surface area contributed by atoms with Gasteiger partial charge in [0, 0.05) is 12.1 Å². The van der Waals surface area contributed by atoms with E-state index in [1.165, 1.54) is 0 Å². The van der Waals surface area contributed by atoms with Crippen LogP contribution in [0.4, 0.5) is 0 Å². The largest absolute Gasteiger partial charge is 0.351 e. The Bertz CT molecular complexity index is 212. The van der Waals surface area contributed by atoms with E-state index in [1.54, 1.807) is 6.08 Å². The van der Waals surface area contributed by atoms with E-state index < -0.39 is 0 Å². The summed E-state index contributed by atoms with van der Waals surface area (Å²) in [6.45, 7) is 12.4. The third-order valence-electron chi connectivity index (χ3n) is 2.30. The van der Waals surface area contributed by atoms with Gasteiger partial charge in [-0.05, 0) is 27.2 Å². The van der Waals surface area contributed by atoms with Crippen molar-refractivity contribution in [3.05, 3.63) is 12.7 Å². The molecule has 0 heterocycles. The second-order valence-electron chi connectivity index (χ2n) is 4.53. The summed E-state index contributed by atoms with van der Waals surface area (Å²) in [4.78, 5) is 11.6. The highest BCUT2D eigenvalue weighted by Gasteiger charge is 2.22. The lowest BCUT2D eigenvalue weighted by atomic mass is 9.98. The first-order valence-corrected chi connectivity index (χ1v) is 5.59. The van der Waals surface area contributed by atoms with Crippen LogP contribution in [0.1, 0.15) is 40.5 Å². The number of nitrogens with one attached hydrogen (secondary N) is 2. The first kappa shape index (κ1) is 14.2. The van der Waals surface area contributed by atoms with Crippen molar-refractivity contribution in [1.82, 2.24) is 10.6 Å². The number of hydrogen-bond acceptors (Lipinski definition) is 2. The van der Waals surface area contributed by atoms with Gasteiger partial charge in [-0.2, -0.15) is 0 Å². The molecule has 1 atom stereocenters. The number of carbonyl (C=O) groups is 1. The molecule has 0 rings (SSSR count). The fourth-order valence-corrected chi connectivity index (χ4v) is 1.67. The van der Waals surface area contributed by atoms with E-state index in [2.05, 4.69) is 38.0 Å². The first-order chi connectivity index (χ1) is 6.93. The number of amides is 1. The van der Waals surface area contributed by atoms with E-state index in [1.807, 2.05) is 6.92 Å². The van der Waals surface area contributed by atoms with Crippen molar-refractivity contribution < 1.29 is 4.79 Å². The lowest BCUT2D eigenvalue weighted by molar-refractivity contribution is -0.123. The molecular formula is C12H24N2O. The molecule has 88 valence electrons. The van der Waals surface area contributed by atoms with Crippen LogP contribution in [0.2, 0.25) is 0 Å². The molecule has 3 nitrogen and oxygen atoms in total. The van der Waals surface area contributed by atoms with Gasteiger partial charge in [-0.25, -0.2) is 0 Å². The summed E-state index contributed by atoms with van der Waals surface area (Å²) < 4.78 is 0. The number of rotatable bonds is 7. The average molecular weight is 212 g/mol. The van der Waals surface area contributed by atoms with Crippen molar-refractivity contribution in [1.29, 1.82) is 0 Å². The third-order valence-corrected chi connectivity index (χ3v) is 2.30. The zero-order chi connectivity index (χ0) is 11.9. The van der Waals surface area contributed by atoms with Gasteiger partial charge in [-0.15, -0.1) is 6.58 Å². The van der Waals surface area contributed by atoms with Gasteiger partial charge < -0.3 is 10.6 Å². The molecule has 0 aromatic carbocycles. The smallest absolute Gasteiger partial charge is 0.237 e. The summed E-state index contributed by atoms with van der Waals surface area (Å²) in [5, 5.41) is 6.10. The molecule has 1 amide bonds. The van der Waals surface area contributed by atoms with Gasteiger partial charge in [0.2, 0.25) is 5.91 Å². The molecule has 15 heavy (non-hydrogen) atoms. The van der Waals surface area contributed by atoms with E-state index in [4.69, 9.17) is 0 Å². The normalized spacial score (nSPS) is 13.3. The SMILES string of the molecule is C=CCNC(=O)C(C)NC(C)(C)CCC. The Morgan fingerprint density at radius 2 is 2.13 bits per heavy atom. The maximum absolute atomic E-state index is 11.6. The summed E-state index contributed by atoms with van der Waals surface area (Å²) in [5.41, 5.74) is 0.0136. The topological polar surface area (TPSA) is 41.1 Å². The summed E-state index contributed by atoms with van der Waals surface area (Å²) in [5.74, 6) is 0.0269. The lowest BCUT2D eigenvalue weighted by Crippen LogP contribution is -2.51. The van der Waals surface area contributed by atoms with Crippen molar-refractivity contribution in [3.63, 3.8) is 0 Å². The lowest BCUT2D eigenvalue weighted by Gasteiger charge is -2.29. The molecule has 0 saturated carbocycles. The van der Waals surface area contributed by atoms with Crippen LogP contribution in [0.3, 0.4) is 0 Å². The van der Waals surface area contributed by atoms with Crippen LogP contribution in [0, 0.1) is 0 Å². The molecule has 0 aromatic rings. The molecule has 0 aliphatic heterocycles. The Labute approximate surface area is 93.3 Å². The van der Waals surface area contributed by atoms with E-state index in [0.717, 1.165) is 12.8 Å². The Morgan fingerprint density at radius 3 is 2.60 bits per heavy atom. The van der Waals surface area contributed by atoms with Crippen LogP contribution in [0.5, 0.6) is 0 Å². The standard InChI is InChI=1S/C12H24N2O/c1-6-8-12(4,5)14-10(3)11(15)13-9-7-2/h7,10,14H,2,6,8-9H2,1,3-5H3,(H,13,15). The monoisotopic (exact) mass is 212 g/mol. The Balaban J connectivity index is 4.04. The van der Waals surface area contributed by atoms with Gasteiger partial charge in [0.15, 0.2) is 0 Å². The van der Waals surface area contributed by atoms with Crippen LogP contribution in [-0.2, 0) is 4.79 Å². The van der Waals surface area contributed by atoms with E-state index in [0.29, 0.717) is 6.54 Å². The van der Waals surface area contributed by atoms with Crippen LogP contribution in [-0.4, -0.2) is 24.0 Å². The molecule has 0 spiro atoms. The van der Waals surface area contributed by atoms with Crippen LogP contribution < -0.4 is 10.6 Å². The summed E-state index contributed by atoms with van der Waals surface area (Å²) in [7, 11) is 0. The minimum absolute atomic E-state index is 0.0136. The van der Waals surface area contributed by atoms with E-state index in [9.17, 15) is 4.79 Å². The molecule has 1 unspecified atom stereocenters. The highest BCUT2D eigenvalue weighted by Crippen LogP contribution is 2.11. The van der Waals surface area contributed by atoms with E-state index in [-0.39, 0.29) is 17.5 Å². The van der Waals surface area contributed by atoms with Crippen LogP contribution in [0.25, 0.3) is 0 Å². The van der Waals surface area contributed by atoms with Crippen molar-refractivity contribution >= 4 is 5.91 Å². The zero-order valence-corrected chi connectivity index (χ0v) is 10.4. The third kappa shape index (κ3) is 6.28. The molecule has 0 radical (unpaired) electrons. The van der Waals surface area contributed by atoms with Gasteiger partial charge >= 0.3 is 0 Å². The average Bonchev–Trinajstić information content (AvgIpc) is 2.13. The fourth-order valence-electron chi connectivity index (χ4n) is 1.67. The van der Waals surface area contributed by atoms with Gasteiger partial charge in [0.05, 0.1) is 6.04 Å². The molecule has 0 bridgehead atoms. The van der Waals surface area contributed by atoms with Crippen LogP contribution in [0.15, 0.2) is 12.7 Å². The minimum Gasteiger partial charge on any atom is -0.351 e. The van der Waals surface area contributed by atoms with E-state index >= 15 is 0 Å². The number of carbonyl (C=O) groups excluding carboxylic acids is 1. The predicted molar refractivity (Wildman–Crippen MR) is 64.8 cm³/mol. The minimum atomic E-state index is -0.161. The second kappa shape index (κ2) is 6.62. The van der Waals surface area contributed by atoms with Gasteiger partial charge in [-0.3, -0.25) is 4.79 Å².